The lowest BCUT2D eigenvalue weighted by molar-refractivity contribution is -0.137. The standard InChI is InChI=1S/C13H14BrF3N2O/c1-19(7-8-4-10(14)5-8)12(20)11-3-2-9(6-18-11)13(15,16)17/h2-3,6,8,10H,4-5,7H2,1H3. The van der Waals surface area contributed by atoms with E-state index in [2.05, 4.69) is 20.9 Å². The maximum absolute atomic E-state index is 12.4. The van der Waals surface area contributed by atoms with Gasteiger partial charge in [-0.3, -0.25) is 9.78 Å². The Hall–Kier alpha value is -1.11. The number of halogens is 4. The fourth-order valence-electron chi connectivity index (χ4n) is 2.16. The highest BCUT2D eigenvalue weighted by atomic mass is 79.9. The third kappa shape index (κ3) is 3.50. The van der Waals surface area contributed by atoms with E-state index >= 15 is 0 Å². The first kappa shape index (κ1) is 15.3. The zero-order valence-corrected chi connectivity index (χ0v) is 12.4. The van der Waals surface area contributed by atoms with E-state index in [1.807, 2.05) is 0 Å². The Kier molecular flexibility index (Phi) is 4.36. The van der Waals surface area contributed by atoms with E-state index in [-0.39, 0.29) is 11.6 Å². The summed E-state index contributed by atoms with van der Waals surface area (Å²) in [7, 11) is 1.64. The third-order valence-electron chi connectivity index (χ3n) is 3.37. The lowest BCUT2D eigenvalue weighted by Gasteiger charge is -2.34. The molecule has 2 rings (SSSR count). The molecule has 1 aliphatic carbocycles. The van der Waals surface area contributed by atoms with Crippen molar-refractivity contribution in [2.45, 2.75) is 23.8 Å². The molecule has 110 valence electrons. The summed E-state index contributed by atoms with van der Waals surface area (Å²) in [5.41, 5.74) is -0.812. The Morgan fingerprint density at radius 3 is 2.55 bits per heavy atom. The number of carbonyl (C=O) groups is 1. The number of hydrogen-bond donors (Lipinski definition) is 0. The van der Waals surface area contributed by atoms with Crippen LogP contribution in [-0.2, 0) is 6.18 Å². The highest BCUT2D eigenvalue weighted by Crippen LogP contribution is 2.33. The van der Waals surface area contributed by atoms with Gasteiger partial charge in [0, 0.05) is 24.6 Å². The summed E-state index contributed by atoms with van der Waals surface area (Å²) in [6, 6.07) is 2.00. The molecule has 0 N–H and O–H groups in total. The fourth-order valence-corrected chi connectivity index (χ4v) is 3.21. The lowest BCUT2D eigenvalue weighted by atomic mass is 9.85. The summed E-state index contributed by atoms with van der Waals surface area (Å²) >= 11 is 3.48. The number of hydrogen-bond acceptors (Lipinski definition) is 2. The number of alkyl halides is 4. The van der Waals surface area contributed by atoms with Crippen LogP contribution in [0.25, 0.3) is 0 Å². The molecule has 1 fully saturated rings. The minimum Gasteiger partial charge on any atom is -0.340 e. The number of carbonyl (C=O) groups excluding carboxylic acids is 1. The Bertz CT molecular complexity index is 483. The molecule has 0 aromatic carbocycles. The summed E-state index contributed by atoms with van der Waals surface area (Å²) in [4.78, 5) is 17.7. The van der Waals surface area contributed by atoms with Crippen LogP contribution in [0.1, 0.15) is 28.9 Å². The summed E-state index contributed by atoms with van der Waals surface area (Å²) in [5.74, 6) is 0.0968. The predicted octanol–water partition coefficient (Wildman–Crippen LogP) is 3.35. The van der Waals surface area contributed by atoms with Gasteiger partial charge in [0.1, 0.15) is 5.69 Å². The number of amides is 1. The average molecular weight is 351 g/mol. The average Bonchev–Trinajstić information content (AvgIpc) is 2.35. The molecule has 0 bridgehead atoms. The number of aromatic nitrogens is 1. The zero-order valence-electron chi connectivity index (χ0n) is 10.8. The molecular formula is C13H14BrF3N2O. The van der Waals surface area contributed by atoms with Gasteiger partial charge in [0.05, 0.1) is 5.56 Å². The van der Waals surface area contributed by atoms with Crippen LogP contribution in [-0.4, -0.2) is 34.2 Å². The van der Waals surface area contributed by atoms with Gasteiger partial charge in [-0.05, 0) is 30.9 Å². The van der Waals surface area contributed by atoms with E-state index in [0.29, 0.717) is 23.5 Å². The van der Waals surface area contributed by atoms with E-state index in [9.17, 15) is 18.0 Å². The van der Waals surface area contributed by atoms with Crippen LogP contribution in [0.3, 0.4) is 0 Å². The Morgan fingerprint density at radius 1 is 1.45 bits per heavy atom. The largest absolute Gasteiger partial charge is 0.417 e. The van der Waals surface area contributed by atoms with Crippen LogP contribution in [0.2, 0.25) is 0 Å². The molecule has 1 saturated carbocycles. The summed E-state index contributed by atoms with van der Waals surface area (Å²) in [6.07, 6.45) is -1.72. The molecule has 0 radical (unpaired) electrons. The van der Waals surface area contributed by atoms with Crippen molar-refractivity contribution in [2.75, 3.05) is 13.6 Å². The van der Waals surface area contributed by atoms with Crippen molar-refractivity contribution >= 4 is 21.8 Å². The van der Waals surface area contributed by atoms with Crippen molar-refractivity contribution in [2.24, 2.45) is 5.92 Å². The Balaban J connectivity index is 1.98. The molecule has 20 heavy (non-hydrogen) atoms. The molecule has 0 saturated heterocycles. The number of rotatable bonds is 3. The van der Waals surface area contributed by atoms with Gasteiger partial charge in [-0.2, -0.15) is 13.2 Å². The van der Waals surface area contributed by atoms with Gasteiger partial charge in [0.2, 0.25) is 0 Å². The van der Waals surface area contributed by atoms with Gasteiger partial charge in [0.15, 0.2) is 0 Å². The van der Waals surface area contributed by atoms with Gasteiger partial charge >= 0.3 is 6.18 Å². The lowest BCUT2D eigenvalue weighted by Crippen LogP contribution is -2.38. The van der Waals surface area contributed by atoms with Gasteiger partial charge in [-0.15, -0.1) is 0 Å². The maximum atomic E-state index is 12.4. The number of pyridine rings is 1. The minimum absolute atomic E-state index is 0.0372. The van der Waals surface area contributed by atoms with Crippen LogP contribution >= 0.6 is 15.9 Å². The summed E-state index contributed by atoms with van der Waals surface area (Å²) < 4.78 is 37.2. The predicted molar refractivity (Wildman–Crippen MR) is 71.6 cm³/mol. The van der Waals surface area contributed by atoms with Crippen molar-refractivity contribution in [3.63, 3.8) is 0 Å². The van der Waals surface area contributed by atoms with Crippen LogP contribution in [0.4, 0.5) is 13.2 Å². The van der Waals surface area contributed by atoms with Crippen molar-refractivity contribution in [3.8, 4) is 0 Å². The van der Waals surface area contributed by atoms with Gasteiger partial charge in [-0.25, -0.2) is 0 Å². The third-order valence-corrected chi connectivity index (χ3v) is 4.11. The van der Waals surface area contributed by atoms with Crippen molar-refractivity contribution in [1.29, 1.82) is 0 Å². The molecule has 0 spiro atoms. The normalized spacial score (nSPS) is 22.2. The summed E-state index contributed by atoms with van der Waals surface area (Å²) in [5, 5.41) is 0. The second-order valence-corrected chi connectivity index (χ2v) is 6.35. The van der Waals surface area contributed by atoms with E-state index < -0.39 is 11.7 Å². The maximum Gasteiger partial charge on any atom is 0.417 e. The van der Waals surface area contributed by atoms with Crippen molar-refractivity contribution < 1.29 is 18.0 Å². The van der Waals surface area contributed by atoms with E-state index in [1.165, 1.54) is 4.90 Å². The number of nitrogens with zero attached hydrogens (tertiary/aromatic N) is 2. The molecule has 0 unspecified atom stereocenters. The van der Waals surface area contributed by atoms with E-state index in [1.54, 1.807) is 7.05 Å². The van der Waals surface area contributed by atoms with E-state index in [4.69, 9.17) is 0 Å². The molecular weight excluding hydrogens is 337 g/mol. The van der Waals surface area contributed by atoms with Crippen LogP contribution in [0.15, 0.2) is 18.3 Å². The molecule has 7 heteroatoms. The first-order valence-electron chi connectivity index (χ1n) is 6.20. The smallest absolute Gasteiger partial charge is 0.340 e. The van der Waals surface area contributed by atoms with Crippen molar-refractivity contribution in [3.05, 3.63) is 29.6 Å². The molecule has 1 aromatic heterocycles. The molecule has 1 amide bonds. The Labute approximate surface area is 123 Å². The topological polar surface area (TPSA) is 33.2 Å². The SMILES string of the molecule is CN(CC1CC(Br)C1)C(=O)c1ccc(C(F)(F)F)cn1. The van der Waals surface area contributed by atoms with Gasteiger partial charge < -0.3 is 4.90 Å². The van der Waals surface area contributed by atoms with Gasteiger partial charge in [0.25, 0.3) is 5.91 Å². The molecule has 1 aromatic rings. The quantitative estimate of drug-likeness (QED) is 0.783. The van der Waals surface area contributed by atoms with Crippen LogP contribution < -0.4 is 0 Å². The molecule has 3 nitrogen and oxygen atoms in total. The first-order valence-corrected chi connectivity index (χ1v) is 7.11. The van der Waals surface area contributed by atoms with Gasteiger partial charge in [-0.1, -0.05) is 15.9 Å². The second kappa shape index (κ2) is 5.71. The molecule has 0 aliphatic heterocycles. The van der Waals surface area contributed by atoms with E-state index in [0.717, 1.165) is 25.0 Å². The summed E-state index contributed by atoms with van der Waals surface area (Å²) in [6.45, 7) is 0.601. The minimum atomic E-state index is -4.43. The molecule has 0 atom stereocenters. The zero-order chi connectivity index (χ0) is 14.9. The van der Waals surface area contributed by atoms with Crippen LogP contribution in [0, 0.1) is 5.92 Å². The fraction of sp³-hybridized carbons (Fsp3) is 0.538. The van der Waals surface area contributed by atoms with Crippen molar-refractivity contribution in [1.82, 2.24) is 9.88 Å². The second-order valence-electron chi connectivity index (χ2n) is 5.05. The molecule has 1 aliphatic rings. The monoisotopic (exact) mass is 350 g/mol. The first-order chi connectivity index (χ1) is 9.27. The van der Waals surface area contributed by atoms with Crippen LogP contribution in [0.5, 0.6) is 0 Å². The molecule has 1 heterocycles. The highest BCUT2D eigenvalue weighted by Gasteiger charge is 2.32. The highest BCUT2D eigenvalue weighted by molar-refractivity contribution is 9.09. The Morgan fingerprint density at radius 2 is 2.10 bits per heavy atom.